The minimum Gasteiger partial charge on any atom is -0.481 e. The van der Waals surface area contributed by atoms with Crippen molar-refractivity contribution in [3.63, 3.8) is 0 Å². The van der Waals surface area contributed by atoms with Crippen molar-refractivity contribution in [2.45, 2.75) is 53.4 Å². The fourth-order valence-corrected chi connectivity index (χ4v) is 3.51. The zero-order valence-corrected chi connectivity index (χ0v) is 14.8. The molecule has 1 aromatic heterocycles. The molecule has 124 valence electrons. The molecule has 1 heterocycles. The average Bonchev–Trinajstić information content (AvgIpc) is 2.72. The molecule has 22 heavy (non-hydrogen) atoms. The van der Waals surface area contributed by atoms with Crippen LogP contribution in [0.1, 0.15) is 48.4 Å². The van der Waals surface area contributed by atoms with E-state index in [2.05, 4.69) is 25.2 Å². The molecule has 1 aromatic rings. The number of thiophene rings is 1. The predicted molar refractivity (Wildman–Crippen MR) is 90.3 cm³/mol. The van der Waals surface area contributed by atoms with Gasteiger partial charge in [0.1, 0.15) is 0 Å². The summed E-state index contributed by atoms with van der Waals surface area (Å²) in [6.45, 7) is 8.40. The van der Waals surface area contributed by atoms with Crippen molar-refractivity contribution >= 4 is 23.2 Å². The maximum absolute atomic E-state index is 11.8. The summed E-state index contributed by atoms with van der Waals surface area (Å²) in [5.41, 5.74) is 1.32. The van der Waals surface area contributed by atoms with Gasteiger partial charge >= 0.3 is 5.97 Å². The number of rotatable bonds is 9. The number of carboxylic acids is 1. The van der Waals surface area contributed by atoms with E-state index in [1.807, 2.05) is 13.8 Å². The molecule has 0 fully saturated rings. The van der Waals surface area contributed by atoms with Gasteiger partial charge < -0.3 is 10.4 Å². The Morgan fingerprint density at radius 2 is 2.00 bits per heavy atom. The molecule has 2 N–H and O–H groups in total. The second-order valence-corrected chi connectivity index (χ2v) is 7.72. The van der Waals surface area contributed by atoms with Gasteiger partial charge in [-0.1, -0.05) is 13.8 Å². The lowest BCUT2D eigenvalue weighted by Gasteiger charge is -2.15. The van der Waals surface area contributed by atoms with Gasteiger partial charge in [-0.3, -0.25) is 9.59 Å². The van der Waals surface area contributed by atoms with Crippen molar-refractivity contribution in [2.24, 2.45) is 11.8 Å². The molecule has 0 aromatic carbocycles. The van der Waals surface area contributed by atoms with Crippen LogP contribution in [-0.4, -0.2) is 23.5 Å². The van der Waals surface area contributed by atoms with Crippen LogP contribution in [0.25, 0.3) is 0 Å². The van der Waals surface area contributed by atoms with Crippen LogP contribution in [0.15, 0.2) is 6.07 Å². The van der Waals surface area contributed by atoms with E-state index in [0.717, 1.165) is 12.8 Å². The number of carbonyl (C=O) groups is 2. The maximum atomic E-state index is 11.8. The molecule has 0 aliphatic rings. The SMILES string of the molecule is Cc1cc(CCCC(=O)NCC(CC(C)C)C(=O)O)c(C)s1. The zero-order valence-electron chi connectivity index (χ0n) is 13.9. The number of aliphatic carboxylic acids is 1. The molecule has 0 bridgehead atoms. The Bertz CT molecular complexity index is 508. The van der Waals surface area contributed by atoms with E-state index in [4.69, 9.17) is 5.11 Å². The van der Waals surface area contributed by atoms with Crippen LogP contribution < -0.4 is 5.32 Å². The molecule has 0 aliphatic heterocycles. The molecule has 0 spiro atoms. The highest BCUT2D eigenvalue weighted by molar-refractivity contribution is 7.12. The van der Waals surface area contributed by atoms with Crippen molar-refractivity contribution in [2.75, 3.05) is 6.54 Å². The normalized spacial score (nSPS) is 12.4. The Kier molecular flexibility index (Phi) is 7.59. The number of aryl methyl sites for hydroxylation is 3. The van der Waals surface area contributed by atoms with E-state index in [0.29, 0.717) is 18.8 Å². The molecule has 1 atom stereocenters. The first kappa shape index (κ1) is 18.7. The Morgan fingerprint density at radius 3 is 2.50 bits per heavy atom. The van der Waals surface area contributed by atoms with Gasteiger partial charge in [0.05, 0.1) is 5.92 Å². The van der Waals surface area contributed by atoms with Crippen LogP contribution >= 0.6 is 11.3 Å². The molecule has 1 rings (SSSR count). The lowest BCUT2D eigenvalue weighted by molar-refractivity contribution is -0.142. The van der Waals surface area contributed by atoms with E-state index in [1.165, 1.54) is 15.3 Å². The minimum absolute atomic E-state index is 0.0559. The summed E-state index contributed by atoms with van der Waals surface area (Å²) in [6.07, 6.45) is 2.73. The van der Waals surface area contributed by atoms with Gasteiger partial charge in [-0.05, 0) is 50.7 Å². The first-order valence-corrected chi connectivity index (χ1v) is 8.66. The van der Waals surface area contributed by atoms with Crippen molar-refractivity contribution in [3.05, 3.63) is 21.4 Å². The highest BCUT2D eigenvalue weighted by Crippen LogP contribution is 2.22. The molecule has 4 nitrogen and oxygen atoms in total. The van der Waals surface area contributed by atoms with Crippen LogP contribution in [0, 0.1) is 25.7 Å². The van der Waals surface area contributed by atoms with E-state index in [9.17, 15) is 9.59 Å². The third kappa shape index (κ3) is 6.60. The summed E-state index contributed by atoms with van der Waals surface area (Å²) < 4.78 is 0. The van der Waals surface area contributed by atoms with Crippen LogP contribution in [0.4, 0.5) is 0 Å². The first-order chi connectivity index (χ1) is 10.3. The van der Waals surface area contributed by atoms with Gasteiger partial charge in [-0.15, -0.1) is 11.3 Å². The average molecular weight is 325 g/mol. The van der Waals surface area contributed by atoms with Gasteiger partial charge in [0, 0.05) is 22.7 Å². The summed E-state index contributed by atoms with van der Waals surface area (Å²) in [5, 5.41) is 11.9. The summed E-state index contributed by atoms with van der Waals surface area (Å²) in [5.74, 6) is -1.08. The molecule has 1 unspecified atom stereocenters. The lowest BCUT2D eigenvalue weighted by Crippen LogP contribution is -2.33. The highest BCUT2D eigenvalue weighted by atomic mass is 32.1. The second-order valence-electron chi connectivity index (χ2n) is 6.26. The summed E-state index contributed by atoms with van der Waals surface area (Å²) in [6, 6.07) is 2.18. The van der Waals surface area contributed by atoms with Gasteiger partial charge in [-0.2, -0.15) is 0 Å². The van der Waals surface area contributed by atoms with Gasteiger partial charge in [0.2, 0.25) is 5.91 Å². The molecule has 0 saturated heterocycles. The molecule has 1 amide bonds. The molecule has 5 heteroatoms. The Morgan fingerprint density at radius 1 is 1.32 bits per heavy atom. The Labute approximate surface area is 136 Å². The standard InChI is InChI=1S/C17H27NO3S/c1-11(2)8-15(17(20)21)10-18-16(19)7-5-6-14-9-12(3)22-13(14)4/h9,11,15H,5-8,10H2,1-4H3,(H,18,19)(H,20,21). The topological polar surface area (TPSA) is 66.4 Å². The number of hydrogen-bond acceptors (Lipinski definition) is 3. The number of carbonyl (C=O) groups excluding carboxylic acids is 1. The fourth-order valence-electron chi connectivity index (χ4n) is 2.54. The summed E-state index contributed by atoms with van der Waals surface area (Å²) >= 11 is 1.79. The number of carboxylic acid groups (broad SMARTS) is 1. The molecule has 0 saturated carbocycles. The Balaban J connectivity index is 2.30. The number of nitrogens with one attached hydrogen (secondary N) is 1. The number of hydrogen-bond donors (Lipinski definition) is 2. The van der Waals surface area contributed by atoms with E-state index in [-0.39, 0.29) is 12.5 Å². The zero-order chi connectivity index (χ0) is 16.7. The van der Waals surface area contributed by atoms with Crippen molar-refractivity contribution in [3.8, 4) is 0 Å². The predicted octanol–water partition coefficient (Wildman–Crippen LogP) is 3.55. The van der Waals surface area contributed by atoms with Crippen LogP contribution in [0.3, 0.4) is 0 Å². The third-order valence-electron chi connectivity index (χ3n) is 3.64. The Hall–Kier alpha value is -1.36. The van der Waals surface area contributed by atoms with Gasteiger partial charge in [0.25, 0.3) is 0 Å². The second kappa shape index (κ2) is 8.93. The summed E-state index contributed by atoms with van der Waals surface area (Å²) in [7, 11) is 0. The molecule has 0 aliphatic carbocycles. The van der Waals surface area contributed by atoms with E-state index in [1.54, 1.807) is 11.3 Å². The quantitative estimate of drug-likeness (QED) is 0.729. The fraction of sp³-hybridized carbons (Fsp3) is 0.647. The van der Waals surface area contributed by atoms with Crippen molar-refractivity contribution < 1.29 is 14.7 Å². The monoisotopic (exact) mass is 325 g/mol. The van der Waals surface area contributed by atoms with E-state index < -0.39 is 11.9 Å². The molecular weight excluding hydrogens is 298 g/mol. The van der Waals surface area contributed by atoms with Crippen molar-refractivity contribution in [1.29, 1.82) is 0 Å². The maximum Gasteiger partial charge on any atom is 0.308 e. The number of amides is 1. The van der Waals surface area contributed by atoms with Crippen molar-refractivity contribution in [1.82, 2.24) is 5.32 Å². The minimum atomic E-state index is -0.835. The smallest absolute Gasteiger partial charge is 0.308 e. The van der Waals surface area contributed by atoms with Crippen LogP contribution in [-0.2, 0) is 16.0 Å². The largest absolute Gasteiger partial charge is 0.481 e. The molecule has 0 radical (unpaired) electrons. The van der Waals surface area contributed by atoms with E-state index >= 15 is 0 Å². The highest BCUT2D eigenvalue weighted by Gasteiger charge is 2.19. The van der Waals surface area contributed by atoms with Gasteiger partial charge in [-0.25, -0.2) is 0 Å². The van der Waals surface area contributed by atoms with Gasteiger partial charge in [0.15, 0.2) is 0 Å². The summed E-state index contributed by atoms with van der Waals surface area (Å²) in [4.78, 5) is 25.6. The molecular formula is C17H27NO3S. The van der Waals surface area contributed by atoms with Crippen LogP contribution in [0.5, 0.6) is 0 Å². The van der Waals surface area contributed by atoms with Crippen LogP contribution in [0.2, 0.25) is 0 Å². The first-order valence-electron chi connectivity index (χ1n) is 7.85. The third-order valence-corrected chi connectivity index (χ3v) is 4.65. The lowest BCUT2D eigenvalue weighted by atomic mass is 9.97.